The molecule has 0 saturated carbocycles. The molecular formula is C29H30N4O3. The number of ether oxygens (including phenoxy) is 3. The number of hydrogen-bond donors (Lipinski definition) is 1. The third-order valence-electron chi connectivity index (χ3n) is 7.22. The van der Waals surface area contributed by atoms with Crippen LogP contribution in [-0.2, 0) is 11.3 Å². The van der Waals surface area contributed by atoms with Gasteiger partial charge in [-0.05, 0) is 29.5 Å². The molecule has 0 spiro atoms. The van der Waals surface area contributed by atoms with E-state index in [1.54, 1.807) is 13.4 Å². The van der Waals surface area contributed by atoms with Gasteiger partial charge < -0.3 is 18.8 Å². The van der Waals surface area contributed by atoms with E-state index in [0.717, 1.165) is 84.8 Å². The van der Waals surface area contributed by atoms with Gasteiger partial charge in [0.2, 0.25) is 5.88 Å². The normalized spacial score (nSPS) is 17.3. The molecule has 3 aromatic carbocycles. The summed E-state index contributed by atoms with van der Waals surface area (Å²) in [5.74, 6) is 1.97. The third kappa shape index (κ3) is 4.14. The molecule has 0 radical (unpaired) electrons. The topological polar surface area (TPSA) is 72.6 Å². The molecule has 0 bridgehead atoms. The van der Waals surface area contributed by atoms with Crippen molar-refractivity contribution in [3.8, 4) is 17.4 Å². The summed E-state index contributed by atoms with van der Waals surface area (Å²) in [5.41, 5.74) is 3.38. The van der Waals surface area contributed by atoms with Gasteiger partial charge in [0.05, 0.1) is 25.9 Å². The maximum Gasteiger partial charge on any atom is 0.228 e. The highest BCUT2D eigenvalue weighted by molar-refractivity contribution is 5.91. The molecule has 3 heterocycles. The molecule has 2 aliphatic heterocycles. The van der Waals surface area contributed by atoms with Crippen molar-refractivity contribution in [1.82, 2.24) is 14.5 Å². The van der Waals surface area contributed by atoms with Crippen molar-refractivity contribution < 1.29 is 14.2 Å². The molecule has 2 aliphatic rings. The Morgan fingerprint density at radius 2 is 1.81 bits per heavy atom. The molecule has 4 aromatic rings. The van der Waals surface area contributed by atoms with Gasteiger partial charge in [0.25, 0.3) is 0 Å². The first-order valence-corrected chi connectivity index (χ1v) is 12.5. The van der Waals surface area contributed by atoms with Crippen molar-refractivity contribution in [1.29, 1.82) is 5.41 Å². The lowest BCUT2D eigenvalue weighted by atomic mass is 9.83. The zero-order chi connectivity index (χ0) is 24.5. The average molecular weight is 483 g/mol. The number of nitrogens with zero attached hydrogens (tertiary/aromatic N) is 3. The number of aromatic nitrogens is 2. The van der Waals surface area contributed by atoms with E-state index in [1.165, 1.54) is 0 Å². The van der Waals surface area contributed by atoms with Crippen molar-refractivity contribution in [3.05, 3.63) is 89.2 Å². The standard InChI is InChI=1S/C29H30N4O3/c1-34-22-10-7-21(8-11-22)25-24-12-9-20-5-2-3-6-23(20)27(24)36-29-26(25)28(30)33(19-31-29)14-4-13-32-15-17-35-18-16-32/h2-3,5-12,19,25,30H,4,13-18H2,1H3. The maximum atomic E-state index is 9.19. The summed E-state index contributed by atoms with van der Waals surface area (Å²) >= 11 is 0. The number of hydrogen-bond acceptors (Lipinski definition) is 6. The first kappa shape index (κ1) is 22.8. The van der Waals surface area contributed by atoms with Crippen LogP contribution in [0.3, 0.4) is 0 Å². The summed E-state index contributed by atoms with van der Waals surface area (Å²) in [5, 5.41) is 11.4. The molecule has 1 aromatic heterocycles. The lowest BCUT2D eigenvalue weighted by molar-refractivity contribution is 0.0369. The van der Waals surface area contributed by atoms with E-state index in [0.29, 0.717) is 11.4 Å². The minimum absolute atomic E-state index is 0.161. The van der Waals surface area contributed by atoms with Crippen molar-refractivity contribution >= 4 is 10.8 Å². The number of morpholine rings is 1. The van der Waals surface area contributed by atoms with E-state index >= 15 is 0 Å². The van der Waals surface area contributed by atoms with E-state index in [9.17, 15) is 5.41 Å². The van der Waals surface area contributed by atoms with Gasteiger partial charge >= 0.3 is 0 Å². The minimum Gasteiger partial charge on any atom is -0.497 e. The van der Waals surface area contributed by atoms with Crippen LogP contribution in [0.25, 0.3) is 10.8 Å². The maximum absolute atomic E-state index is 9.19. The van der Waals surface area contributed by atoms with E-state index in [-0.39, 0.29) is 5.92 Å². The second-order valence-corrected chi connectivity index (χ2v) is 9.33. The summed E-state index contributed by atoms with van der Waals surface area (Å²) in [7, 11) is 1.67. The van der Waals surface area contributed by atoms with Crippen molar-refractivity contribution in [2.45, 2.75) is 18.9 Å². The van der Waals surface area contributed by atoms with Gasteiger partial charge in [0.1, 0.15) is 23.3 Å². The molecular weight excluding hydrogens is 452 g/mol. The highest BCUT2D eigenvalue weighted by atomic mass is 16.5. The molecule has 0 amide bonds. The van der Waals surface area contributed by atoms with Crippen LogP contribution in [0.4, 0.5) is 0 Å². The van der Waals surface area contributed by atoms with E-state index in [1.807, 2.05) is 28.8 Å². The third-order valence-corrected chi connectivity index (χ3v) is 7.22. The van der Waals surface area contributed by atoms with Crippen LogP contribution in [0, 0.1) is 5.41 Å². The predicted molar refractivity (Wildman–Crippen MR) is 138 cm³/mol. The lowest BCUT2D eigenvalue weighted by Gasteiger charge is -2.30. The highest BCUT2D eigenvalue weighted by Crippen LogP contribution is 2.47. The zero-order valence-corrected chi connectivity index (χ0v) is 20.4. The molecule has 1 unspecified atom stereocenters. The first-order chi connectivity index (χ1) is 17.7. The largest absolute Gasteiger partial charge is 0.497 e. The molecule has 7 heteroatoms. The Balaban J connectivity index is 1.41. The molecule has 1 fully saturated rings. The van der Waals surface area contributed by atoms with Crippen molar-refractivity contribution in [3.63, 3.8) is 0 Å². The summed E-state index contributed by atoms with van der Waals surface area (Å²) in [6, 6.07) is 20.6. The number of methoxy groups -OCH3 is 1. The second-order valence-electron chi connectivity index (χ2n) is 9.33. The lowest BCUT2D eigenvalue weighted by Crippen LogP contribution is -2.37. The Morgan fingerprint density at radius 1 is 1.00 bits per heavy atom. The van der Waals surface area contributed by atoms with Crippen LogP contribution in [0.1, 0.15) is 29.0 Å². The molecule has 1 saturated heterocycles. The number of rotatable bonds is 6. The molecule has 1 N–H and O–H groups in total. The summed E-state index contributed by atoms with van der Waals surface area (Å²) in [6.07, 6.45) is 2.70. The molecule has 36 heavy (non-hydrogen) atoms. The first-order valence-electron chi connectivity index (χ1n) is 12.5. The van der Waals surface area contributed by atoms with Crippen molar-refractivity contribution in [2.24, 2.45) is 0 Å². The minimum atomic E-state index is -0.161. The second kappa shape index (κ2) is 9.76. The van der Waals surface area contributed by atoms with Gasteiger partial charge in [-0.15, -0.1) is 0 Å². The number of benzene rings is 3. The predicted octanol–water partition coefficient (Wildman–Crippen LogP) is 4.53. The Morgan fingerprint density at radius 3 is 2.61 bits per heavy atom. The SMILES string of the molecule is COc1ccc(C2c3ccc4ccccc4c3Oc3ncn(CCCN4CCOCC4)c(=N)c32)cc1. The fourth-order valence-corrected chi connectivity index (χ4v) is 5.30. The van der Waals surface area contributed by atoms with Crippen LogP contribution in [0.15, 0.2) is 67.0 Å². The summed E-state index contributed by atoms with van der Waals surface area (Å²) in [6.45, 7) is 5.26. The van der Waals surface area contributed by atoms with Gasteiger partial charge in [0.15, 0.2) is 0 Å². The zero-order valence-electron chi connectivity index (χ0n) is 20.4. The Kier molecular flexibility index (Phi) is 6.17. The van der Waals surface area contributed by atoms with E-state index < -0.39 is 0 Å². The summed E-state index contributed by atoms with van der Waals surface area (Å²) < 4.78 is 19.2. The van der Waals surface area contributed by atoms with Crippen LogP contribution >= 0.6 is 0 Å². The smallest absolute Gasteiger partial charge is 0.228 e. The van der Waals surface area contributed by atoms with Gasteiger partial charge in [-0.3, -0.25) is 10.3 Å². The van der Waals surface area contributed by atoms with Crippen LogP contribution < -0.4 is 15.0 Å². The van der Waals surface area contributed by atoms with Gasteiger partial charge in [-0.1, -0.05) is 48.5 Å². The Hall–Kier alpha value is -3.68. The monoisotopic (exact) mass is 482 g/mol. The average Bonchev–Trinajstić information content (AvgIpc) is 2.94. The van der Waals surface area contributed by atoms with E-state index in [4.69, 9.17) is 19.2 Å². The number of fused-ring (bicyclic) bond motifs is 4. The Bertz CT molecular complexity index is 1440. The van der Waals surface area contributed by atoms with Crippen LogP contribution in [-0.4, -0.2) is 54.4 Å². The van der Waals surface area contributed by atoms with Crippen LogP contribution in [0.2, 0.25) is 0 Å². The molecule has 6 rings (SSSR count). The van der Waals surface area contributed by atoms with Gasteiger partial charge in [-0.25, -0.2) is 4.98 Å². The molecule has 0 aliphatic carbocycles. The quantitative estimate of drug-likeness (QED) is 0.385. The van der Waals surface area contributed by atoms with E-state index in [2.05, 4.69) is 41.3 Å². The fourth-order valence-electron chi connectivity index (χ4n) is 5.30. The number of nitrogens with one attached hydrogen (secondary N) is 1. The molecule has 184 valence electrons. The molecule has 1 atom stereocenters. The fraction of sp³-hybridized carbons (Fsp3) is 0.310. The number of aryl methyl sites for hydroxylation is 1. The van der Waals surface area contributed by atoms with Crippen LogP contribution in [0.5, 0.6) is 17.4 Å². The van der Waals surface area contributed by atoms with Crippen molar-refractivity contribution in [2.75, 3.05) is 40.0 Å². The highest BCUT2D eigenvalue weighted by Gasteiger charge is 2.33. The molecule has 7 nitrogen and oxygen atoms in total. The summed E-state index contributed by atoms with van der Waals surface area (Å²) in [4.78, 5) is 7.14. The van der Waals surface area contributed by atoms with Gasteiger partial charge in [-0.2, -0.15) is 0 Å². The van der Waals surface area contributed by atoms with Gasteiger partial charge in [0, 0.05) is 43.0 Å². The Labute approximate surface area is 210 Å².